The number of nitriles is 1. The van der Waals surface area contributed by atoms with Crippen LogP contribution in [0, 0.1) is 17.2 Å². The van der Waals surface area contributed by atoms with Gasteiger partial charge in [0.15, 0.2) is 5.78 Å². The molecule has 0 heterocycles. The Bertz CT molecular complexity index is 312. The minimum absolute atomic E-state index is 0.155. The lowest BCUT2D eigenvalue weighted by Crippen LogP contribution is -2.13. The van der Waals surface area contributed by atoms with E-state index in [-0.39, 0.29) is 12.5 Å². The number of hydrogen-bond donors (Lipinski definition) is 1. The van der Waals surface area contributed by atoms with Crippen molar-refractivity contribution in [2.75, 3.05) is 13.2 Å². The number of carbonyl (C=O) groups is 2. The zero-order valence-corrected chi connectivity index (χ0v) is 8.69. The van der Waals surface area contributed by atoms with Gasteiger partial charge in [-0.2, -0.15) is 5.26 Å². The summed E-state index contributed by atoms with van der Waals surface area (Å²) in [5.74, 6) is -1.39. The van der Waals surface area contributed by atoms with Gasteiger partial charge >= 0.3 is 5.97 Å². The van der Waals surface area contributed by atoms with E-state index in [2.05, 4.69) is 0 Å². The zero-order chi connectivity index (χ0) is 11.8. The lowest BCUT2D eigenvalue weighted by Gasteiger charge is -2.05. The molecule has 82 valence electrons. The molecular formula is C10H13NO4. The first-order valence-electron chi connectivity index (χ1n) is 4.43. The van der Waals surface area contributed by atoms with Crippen LogP contribution in [0.1, 0.15) is 13.8 Å². The molecule has 0 rings (SSSR count). The van der Waals surface area contributed by atoms with Gasteiger partial charge in [0.05, 0.1) is 6.61 Å². The first-order valence-corrected chi connectivity index (χ1v) is 4.43. The minimum Gasteiger partial charge on any atom is -0.461 e. The van der Waals surface area contributed by atoms with Crippen molar-refractivity contribution in [1.82, 2.24) is 0 Å². The van der Waals surface area contributed by atoms with Crippen LogP contribution in [0.4, 0.5) is 0 Å². The lowest BCUT2D eigenvalue weighted by molar-refractivity contribution is -0.139. The van der Waals surface area contributed by atoms with Crippen LogP contribution in [0.5, 0.6) is 0 Å². The molecular weight excluding hydrogens is 198 g/mol. The molecule has 15 heavy (non-hydrogen) atoms. The molecule has 0 fully saturated rings. The van der Waals surface area contributed by atoms with Gasteiger partial charge < -0.3 is 9.84 Å². The van der Waals surface area contributed by atoms with Gasteiger partial charge in [-0.05, 0) is 5.92 Å². The summed E-state index contributed by atoms with van der Waals surface area (Å²) in [5, 5.41) is 17.0. The molecule has 0 aromatic heterocycles. The monoisotopic (exact) mass is 211 g/mol. The second-order valence-corrected chi connectivity index (χ2v) is 3.29. The Hall–Kier alpha value is -1.67. The van der Waals surface area contributed by atoms with Crippen LogP contribution in [0.15, 0.2) is 11.6 Å². The molecule has 5 nitrogen and oxygen atoms in total. The molecule has 0 atom stereocenters. The molecule has 0 aliphatic rings. The van der Waals surface area contributed by atoms with Gasteiger partial charge in [0.25, 0.3) is 0 Å². The Morgan fingerprint density at radius 1 is 1.53 bits per heavy atom. The number of aliphatic hydroxyl groups excluding tert-OH is 1. The maximum Gasteiger partial charge on any atom is 0.349 e. The highest BCUT2D eigenvalue weighted by Gasteiger charge is 2.12. The second kappa shape index (κ2) is 6.74. The highest BCUT2D eigenvalue weighted by Crippen LogP contribution is 2.00. The molecule has 0 aromatic rings. The van der Waals surface area contributed by atoms with Crippen LogP contribution < -0.4 is 0 Å². The summed E-state index contributed by atoms with van der Waals surface area (Å²) in [5.41, 5.74) is -0.394. The van der Waals surface area contributed by atoms with Crippen molar-refractivity contribution in [1.29, 1.82) is 5.26 Å². The minimum atomic E-state index is -0.840. The third-order valence-corrected chi connectivity index (χ3v) is 1.35. The quantitative estimate of drug-likeness (QED) is 0.398. The average Bonchev–Trinajstić information content (AvgIpc) is 2.21. The molecule has 0 aromatic carbocycles. The standard InChI is InChI=1S/C10H13NO4/c1-7(2)6-15-10(14)8(4-11)3-9(13)5-12/h3,7,12H,5-6H2,1-2H3. The third-order valence-electron chi connectivity index (χ3n) is 1.35. The van der Waals surface area contributed by atoms with Crippen molar-refractivity contribution in [2.24, 2.45) is 5.92 Å². The van der Waals surface area contributed by atoms with Gasteiger partial charge in [-0.3, -0.25) is 4.79 Å². The number of carbonyl (C=O) groups excluding carboxylic acids is 2. The summed E-state index contributed by atoms with van der Waals surface area (Å²) in [4.78, 5) is 21.9. The second-order valence-electron chi connectivity index (χ2n) is 3.29. The molecule has 0 radical (unpaired) electrons. The van der Waals surface area contributed by atoms with Crippen LogP contribution >= 0.6 is 0 Å². The van der Waals surface area contributed by atoms with Gasteiger partial charge in [0.2, 0.25) is 0 Å². The van der Waals surface area contributed by atoms with E-state index in [1.165, 1.54) is 0 Å². The van der Waals surface area contributed by atoms with Gasteiger partial charge in [-0.25, -0.2) is 4.79 Å². The molecule has 0 saturated carbocycles. The van der Waals surface area contributed by atoms with E-state index in [9.17, 15) is 9.59 Å². The van der Waals surface area contributed by atoms with Crippen molar-refractivity contribution in [3.63, 3.8) is 0 Å². The fraction of sp³-hybridized carbons (Fsp3) is 0.500. The summed E-state index contributed by atoms with van der Waals surface area (Å²) in [7, 11) is 0. The number of aliphatic hydroxyl groups is 1. The summed E-state index contributed by atoms with van der Waals surface area (Å²) in [6.45, 7) is 3.15. The first kappa shape index (κ1) is 13.3. The smallest absolute Gasteiger partial charge is 0.349 e. The Kier molecular flexibility index (Phi) is 5.99. The number of ketones is 1. The van der Waals surface area contributed by atoms with Crippen LogP contribution in [0.2, 0.25) is 0 Å². The molecule has 5 heteroatoms. The number of nitrogens with zero attached hydrogens (tertiary/aromatic N) is 1. The summed E-state index contributed by atoms with van der Waals surface area (Å²) < 4.78 is 4.74. The van der Waals surface area contributed by atoms with Crippen molar-refractivity contribution in [2.45, 2.75) is 13.8 Å². The molecule has 0 amide bonds. The van der Waals surface area contributed by atoms with Gasteiger partial charge in [0, 0.05) is 6.08 Å². The highest BCUT2D eigenvalue weighted by atomic mass is 16.5. The number of esters is 1. The molecule has 0 bridgehead atoms. The van der Waals surface area contributed by atoms with Crippen LogP contribution in [0.3, 0.4) is 0 Å². The molecule has 0 saturated heterocycles. The van der Waals surface area contributed by atoms with Crippen molar-refractivity contribution < 1.29 is 19.4 Å². The van der Waals surface area contributed by atoms with Gasteiger partial charge in [0.1, 0.15) is 18.2 Å². The van der Waals surface area contributed by atoms with Crippen LogP contribution in [-0.4, -0.2) is 30.1 Å². The Balaban J connectivity index is 4.43. The zero-order valence-electron chi connectivity index (χ0n) is 8.69. The van der Waals surface area contributed by atoms with E-state index in [0.717, 1.165) is 6.08 Å². The highest BCUT2D eigenvalue weighted by molar-refractivity contribution is 6.02. The molecule has 0 aliphatic heterocycles. The lowest BCUT2D eigenvalue weighted by atomic mass is 10.2. The summed E-state index contributed by atoms with van der Waals surface area (Å²) >= 11 is 0. The first-order chi connectivity index (χ1) is 7.01. The Morgan fingerprint density at radius 2 is 2.13 bits per heavy atom. The molecule has 0 aliphatic carbocycles. The Labute approximate surface area is 88.0 Å². The predicted molar refractivity (Wildman–Crippen MR) is 51.6 cm³/mol. The number of ether oxygens (including phenoxy) is 1. The molecule has 0 unspecified atom stereocenters. The summed E-state index contributed by atoms with van der Waals surface area (Å²) in [6, 6.07) is 1.55. The summed E-state index contributed by atoms with van der Waals surface area (Å²) in [6.07, 6.45) is 0.780. The average molecular weight is 211 g/mol. The number of hydrogen-bond acceptors (Lipinski definition) is 5. The van der Waals surface area contributed by atoms with E-state index in [1.807, 2.05) is 13.8 Å². The van der Waals surface area contributed by atoms with Crippen LogP contribution in [0.25, 0.3) is 0 Å². The number of rotatable bonds is 5. The SMILES string of the molecule is CC(C)COC(=O)C(C#N)=CC(=O)CO. The van der Waals surface area contributed by atoms with E-state index in [1.54, 1.807) is 6.07 Å². The van der Waals surface area contributed by atoms with Crippen molar-refractivity contribution >= 4 is 11.8 Å². The topological polar surface area (TPSA) is 87.4 Å². The normalized spacial score (nSPS) is 11.0. The van der Waals surface area contributed by atoms with Gasteiger partial charge in [-0.1, -0.05) is 13.8 Å². The van der Waals surface area contributed by atoms with E-state index in [4.69, 9.17) is 15.1 Å². The van der Waals surface area contributed by atoms with Crippen molar-refractivity contribution in [3.8, 4) is 6.07 Å². The van der Waals surface area contributed by atoms with E-state index >= 15 is 0 Å². The predicted octanol–water partition coefficient (Wildman–Crippen LogP) is 0.197. The maximum absolute atomic E-state index is 11.2. The van der Waals surface area contributed by atoms with E-state index in [0.29, 0.717) is 0 Å². The fourth-order valence-corrected chi connectivity index (χ4v) is 0.664. The maximum atomic E-state index is 11.2. The third kappa shape index (κ3) is 5.60. The largest absolute Gasteiger partial charge is 0.461 e. The van der Waals surface area contributed by atoms with Crippen molar-refractivity contribution in [3.05, 3.63) is 11.6 Å². The fourth-order valence-electron chi connectivity index (χ4n) is 0.664. The van der Waals surface area contributed by atoms with Gasteiger partial charge in [-0.15, -0.1) is 0 Å². The molecule has 1 N–H and O–H groups in total. The van der Waals surface area contributed by atoms with E-state index < -0.39 is 23.9 Å². The Morgan fingerprint density at radius 3 is 2.53 bits per heavy atom. The molecule has 0 spiro atoms. The van der Waals surface area contributed by atoms with Crippen LogP contribution in [-0.2, 0) is 14.3 Å².